The highest BCUT2D eigenvalue weighted by molar-refractivity contribution is 7.92. The maximum atomic E-state index is 13.6. The SMILES string of the molecule is Cc1ccc(N(CCNC(=O)Cc2ccccc2F)S(C)(=O)=O)cc1C. The minimum Gasteiger partial charge on any atom is -0.354 e. The van der Waals surface area contributed by atoms with E-state index in [1.54, 1.807) is 30.3 Å². The summed E-state index contributed by atoms with van der Waals surface area (Å²) in [6, 6.07) is 11.5. The predicted molar refractivity (Wildman–Crippen MR) is 101 cm³/mol. The quantitative estimate of drug-likeness (QED) is 0.805. The van der Waals surface area contributed by atoms with Crippen molar-refractivity contribution in [1.29, 1.82) is 0 Å². The van der Waals surface area contributed by atoms with E-state index in [0.29, 0.717) is 11.3 Å². The second-order valence-corrected chi connectivity index (χ2v) is 8.13. The molecule has 0 aromatic heterocycles. The van der Waals surface area contributed by atoms with Gasteiger partial charge in [-0.2, -0.15) is 0 Å². The van der Waals surface area contributed by atoms with Gasteiger partial charge in [0.25, 0.3) is 0 Å². The first-order chi connectivity index (χ1) is 12.2. The first-order valence-corrected chi connectivity index (χ1v) is 10.1. The van der Waals surface area contributed by atoms with E-state index in [4.69, 9.17) is 0 Å². The van der Waals surface area contributed by atoms with Crippen molar-refractivity contribution in [1.82, 2.24) is 5.32 Å². The Kier molecular flexibility index (Phi) is 6.37. The van der Waals surface area contributed by atoms with E-state index in [2.05, 4.69) is 5.32 Å². The molecule has 1 amide bonds. The largest absolute Gasteiger partial charge is 0.354 e. The molecule has 1 N–H and O–H groups in total. The number of hydrogen-bond acceptors (Lipinski definition) is 3. The Hall–Kier alpha value is -2.41. The molecule has 0 unspecified atom stereocenters. The summed E-state index contributed by atoms with van der Waals surface area (Å²) < 4.78 is 39.0. The Balaban J connectivity index is 2.01. The molecule has 0 saturated carbocycles. The fraction of sp³-hybridized carbons (Fsp3) is 0.316. The minimum atomic E-state index is -3.49. The number of aryl methyl sites for hydroxylation is 2. The molecule has 0 atom stereocenters. The van der Waals surface area contributed by atoms with Gasteiger partial charge in [-0.25, -0.2) is 12.8 Å². The average Bonchev–Trinajstić information content (AvgIpc) is 2.55. The van der Waals surface area contributed by atoms with Crippen LogP contribution in [0.2, 0.25) is 0 Å². The number of rotatable bonds is 7. The van der Waals surface area contributed by atoms with Crippen LogP contribution < -0.4 is 9.62 Å². The van der Waals surface area contributed by atoms with Crippen molar-refractivity contribution in [2.24, 2.45) is 0 Å². The lowest BCUT2D eigenvalue weighted by Crippen LogP contribution is -2.38. The highest BCUT2D eigenvalue weighted by atomic mass is 32.2. The molecule has 2 aromatic rings. The summed E-state index contributed by atoms with van der Waals surface area (Å²) in [7, 11) is -3.49. The van der Waals surface area contributed by atoms with Crippen LogP contribution in [0.3, 0.4) is 0 Å². The van der Waals surface area contributed by atoms with Crippen molar-refractivity contribution in [2.75, 3.05) is 23.7 Å². The fourth-order valence-corrected chi connectivity index (χ4v) is 3.46. The number of nitrogens with zero attached hydrogens (tertiary/aromatic N) is 1. The van der Waals surface area contributed by atoms with Crippen LogP contribution >= 0.6 is 0 Å². The Morgan fingerprint density at radius 2 is 1.81 bits per heavy atom. The zero-order valence-electron chi connectivity index (χ0n) is 15.1. The Morgan fingerprint density at radius 3 is 2.42 bits per heavy atom. The molecule has 140 valence electrons. The standard InChI is InChI=1S/C19H23FN2O3S/c1-14-8-9-17(12-15(14)2)22(26(3,24)25)11-10-21-19(23)13-16-6-4-5-7-18(16)20/h4-9,12H,10-11,13H2,1-3H3,(H,21,23). The third-order valence-electron chi connectivity index (χ3n) is 4.12. The molecule has 5 nitrogen and oxygen atoms in total. The van der Waals surface area contributed by atoms with Crippen molar-refractivity contribution in [3.05, 3.63) is 65.0 Å². The number of benzene rings is 2. The lowest BCUT2D eigenvalue weighted by Gasteiger charge is -2.23. The summed E-state index contributed by atoms with van der Waals surface area (Å²) in [5, 5.41) is 2.64. The van der Waals surface area contributed by atoms with Crippen molar-refractivity contribution in [2.45, 2.75) is 20.3 Å². The van der Waals surface area contributed by atoms with E-state index < -0.39 is 15.8 Å². The molecule has 0 aliphatic carbocycles. The van der Waals surface area contributed by atoms with Crippen LogP contribution in [-0.2, 0) is 21.2 Å². The minimum absolute atomic E-state index is 0.0881. The fourth-order valence-electron chi connectivity index (χ4n) is 2.54. The number of nitrogens with one attached hydrogen (secondary N) is 1. The van der Waals surface area contributed by atoms with Gasteiger partial charge in [0.2, 0.25) is 15.9 Å². The molecule has 26 heavy (non-hydrogen) atoms. The summed E-state index contributed by atoms with van der Waals surface area (Å²) in [4.78, 5) is 12.0. The number of anilines is 1. The third kappa shape index (κ3) is 5.29. The summed E-state index contributed by atoms with van der Waals surface area (Å²) in [6.45, 7) is 4.10. The smallest absolute Gasteiger partial charge is 0.232 e. The average molecular weight is 378 g/mol. The van der Waals surface area contributed by atoms with E-state index in [9.17, 15) is 17.6 Å². The van der Waals surface area contributed by atoms with Crippen LogP contribution in [0.4, 0.5) is 10.1 Å². The van der Waals surface area contributed by atoms with E-state index in [-0.39, 0.29) is 25.4 Å². The molecule has 0 radical (unpaired) electrons. The van der Waals surface area contributed by atoms with Crippen LogP contribution in [-0.4, -0.2) is 33.7 Å². The first-order valence-electron chi connectivity index (χ1n) is 8.23. The van der Waals surface area contributed by atoms with Crippen LogP contribution in [0.15, 0.2) is 42.5 Å². The van der Waals surface area contributed by atoms with Crippen molar-refractivity contribution >= 4 is 21.6 Å². The van der Waals surface area contributed by atoms with Crippen molar-refractivity contribution in [3.8, 4) is 0 Å². The van der Waals surface area contributed by atoms with Crippen molar-refractivity contribution < 1.29 is 17.6 Å². The molecule has 0 heterocycles. The molecule has 0 fully saturated rings. The highest BCUT2D eigenvalue weighted by Gasteiger charge is 2.18. The van der Waals surface area contributed by atoms with Gasteiger partial charge < -0.3 is 5.32 Å². The van der Waals surface area contributed by atoms with E-state index >= 15 is 0 Å². The molecule has 0 aliphatic heterocycles. The normalized spacial score (nSPS) is 11.2. The highest BCUT2D eigenvalue weighted by Crippen LogP contribution is 2.20. The second-order valence-electron chi connectivity index (χ2n) is 6.22. The van der Waals surface area contributed by atoms with Gasteiger partial charge in [-0.3, -0.25) is 9.10 Å². The molecule has 2 aromatic carbocycles. The Morgan fingerprint density at radius 1 is 1.12 bits per heavy atom. The monoisotopic (exact) mass is 378 g/mol. The van der Waals surface area contributed by atoms with Gasteiger partial charge in [0, 0.05) is 6.54 Å². The van der Waals surface area contributed by atoms with Crippen LogP contribution in [0.1, 0.15) is 16.7 Å². The number of sulfonamides is 1. The lowest BCUT2D eigenvalue weighted by molar-refractivity contribution is -0.120. The number of carbonyl (C=O) groups is 1. The number of carbonyl (C=O) groups excluding carboxylic acids is 1. The van der Waals surface area contributed by atoms with Gasteiger partial charge in [0.05, 0.1) is 24.9 Å². The van der Waals surface area contributed by atoms with Crippen LogP contribution in [0.25, 0.3) is 0 Å². The summed E-state index contributed by atoms with van der Waals surface area (Å²) in [5.74, 6) is -0.792. The number of halogens is 1. The molecule has 7 heteroatoms. The van der Waals surface area contributed by atoms with Gasteiger partial charge in [-0.1, -0.05) is 24.3 Å². The van der Waals surface area contributed by atoms with Gasteiger partial charge >= 0.3 is 0 Å². The Labute approximate surface area is 153 Å². The zero-order valence-corrected chi connectivity index (χ0v) is 15.9. The number of amides is 1. The maximum absolute atomic E-state index is 13.6. The van der Waals surface area contributed by atoms with Crippen LogP contribution in [0, 0.1) is 19.7 Å². The van der Waals surface area contributed by atoms with E-state index in [1.807, 2.05) is 19.9 Å². The van der Waals surface area contributed by atoms with E-state index in [0.717, 1.165) is 17.4 Å². The van der Waals surface area contributed by atoms with E-state index in [1.165, 1.54) is 10.4 Å². The van der Waals surface area contributed by atoms with Gasteiger partial charge in [-0.05, 0) is 48.7 Å². The topological polar surface area (TPSA) is 66.5 Å². The predicted octanol–water partition coefficient (Wildman–Crippen LogP) is 2.57. The zero-order chi connectivity index (χ0) is 19.3. The summed E-state index contributed by atoms with van der Waals surface area (Å²) in [5.41, 5.74) is 2.92. The third-order valence-corrected chi connectivity index (χ3v) is 5.32. The van der Waals surface area contributed by atoms with Gasteiger partial charge in [-0.15, -0.1) is 0 Å². The van der Waals surface area contributed by atoms with Crippen LogP contribution in [0.5, 0.6) is 0 Å². The second kappa shape index (κ2) is 8.31. The Bertz CT molecular complexity index is 897. The molecule has 0 bridgehead atoms. The summed E-state index contributed by atoms with van der Waals surface area (Å²) in [6.07, 6.45) is 1.04. The van der Waals surface area contributed by atoms with Gasteiger partial charge in [0.1, 0.15) is 5.82 Å². The first kappa shape index (κ1) is 19.9. The molecular weight excluding hydrogens is 355 g/mol. The molecule has 0 spiro atoms. The molecule has 0 saturated heterocycles. The number of hydrogen-bond donors (Lipinski definition) is 1. The van der Waals surface area contributed by atoms with Gasteiger partial charge in [0.15, 0.2) is 0 Å². The molecule has 2 rings (SSSR count). The summed E-state index contributed by atoms with van der Waals surface area (Å²) >= 11 is 0. The van der Waals surface area contributed by atoms with Crippen molar-refractivity contribution in [3.63, 3.8) is 0 Å². The molecular formula is C19H23FN2O3S. The maximum Gasteiger partial charge on any atom is 0.232 e. The lowest BCUT2D eigenvalue weighted by atomic mass is 10.1. The molecule has 0 aliphatic rings.